The van der Waals surface area contributed by atoms with E-state index in [1.807, 2.05) is 0 Å². The molecule has 0 radical (unpaired) electrons. The highest BCUT2D eigenvalue weighted by Crippen LogP contribution is 2.32. The number of aromatic nitrogens is 1. The van der Waals surface area contributed by atoms with Crippen LogP contribution in [-0.4, -0.2) is 16.1 Å². The number of alkyl halides is 3. The van der Waals surface area contributed by atoms with Gasteiger partial charge in [-0.3, -0.25) is 4.98 Å². The van der Waals surface area contributed by atoms with E-state index in [1.54, 1.807) is 6.92 Å². The Balaban J connectivity index is 2.30. The molecular formula is C14H10F3NO3. The van der Waals surface area contributed by atoms with Gasteiger partial charge in [-0.25, -0.2) is 4.79 Å². The summed E-state index contributed by atoms with van der Waals surface area (Å²) in [5, 5.41) is 9.02. The number of nitrogens with zero attached hydrogens (tertiary/aromatic N) is 1. The van der Waals surface area contributed by atoms with Gasteiger partial charge in [0.1, 0.15) is 17.1 Å². The van der Waals surface area contributed by atoms with Gasteiger partial charge in [0, 0.05) is 18.0 Å². The molecule has 0 atom stereocenters. The summed E-state index contributed by atoms with van der Waals surface area (Å²) in [7, 11) is 0. The molecule has 1 aromatic heterocycles. The van der Waals surface area contributed by atoms with Crippen LogP contribution in [0.15, 0.2) is 36.5 Å². The quantitative estimate of drug-likeness (QED) is 0.933. The molecule has 0 aliphatic rings. The summed E-state index contributed by atoms with van der Waals surface area (Å²) in [5.74, 6) is -1.10. The van der Waals surface area contributed by atoms with E-state index in [9.17, 15) is 18.0 Å². The molecule has 2 aromatic rings. The van der Waals surface area contributed by atoms with Gasteiger partial charge < -0.3 is 9.84 Å². The van der Waals surface area contributed by atoms with Gasteiger partial charge in [-0.15, -0.1) is 0 Å². The third kappa shape index (κ3) is 3.50. The Morgan fingerprint density at radius 2 is 1.86 bits per heavy atom. The lowest BCUT2D eigenvalue weighted by molar-refractivity contribution is -0.137. The maximum absolute atomic E-state index is 12.4. The van der Waals surface area contributed by atoms with Crippen molar-refractivity contribution in [1.82, 2.24) is 4.98 Å². The first-order valence-corrected chi connectivity index (χ1v) is 5.82. The molecule has 0 amide bonds. The first-order valence-electron chi connectivity index (χ1n) is 5.82. The molecule has 0 unspecified atom stereocenters. The van der Waals surface area contributed by atoms with Crippen molar-refractivity contribution in [2.45, 2.75) is 13.1 Å². The second-order valence-electron chi connectivity index (χ2n) is 4.25. The molecule has 0 bridgehead atoms. The number of carboxylic acids is 1. The number of hydrogen-bond acceptors (Lipinski definition) is 3. The minimum Gasteiger partial charge on any atom is -0.477 e. The van der Waals surface area contributed by atoms with Crippen LogP contribution in [-0.2, 0) is 6.18 Å². The van der Waals surface area contributed by atoms with Gasteiger partial charge in [0.2, 0.25) is 0 Å². The highest BCUT2D eigenvalue weighted by atomic mass is 19.4. The lowest BCUT2D eigenvalue weighted by Crippen LogP contribution is -2.04. The molecule has 0 fully saturated rings. The monoisotopic (exact) mass is 297 g/mol. The highest BCUT2D eigenvalue weighted by Gasteiger charge is 2.30. The number of benzene rings is 1. The summed E-state index contributed by atoms with van der Waals surface area (Å²) in [6.45, 7) is 1.64. The standard InChI is InChI=1S/C14H10F3NO3/c1-8-6-12(11(7-18-8)13(19)20)21-10-4-2-9(3-5-10)14(15,16)17/h2-7H,1H3,(H,19,20). The molecule has 4 nitrogen and oxygen atoms in total. The summed E-state index contributed by atoms with van der Waals surface area (Å²) >= 11 is 0. The van der Waals surface area contributed by atoms with Crippen LogP contribution in [0.4, 0.5) is 13.2 Å². The zero-order chi connectivity index (χ0) is 15.6. The van der Waals surface area contributed by atoms with Gasteiger partial charge in [-0.2, -0.15) is 13.2 Å². The zero-order valence-electron chi connectivity index (χ0n) is 10.8. The number of carboxylic acid groups (broad SMARTS) is 1. The minimum atomic E-state index is -4.43. The van der Waals surface area contributed by atoms with E-state index in [0.29, 0.717) is 5.69 Å². The number of aromatic carboxylic acids is 1. The average molecular weight is 297 g/mol. The predicted octanol–water partition coefficient (Wildman–Crippen LogP) is 3.90. The topological polar surface area (TPSA) is 59.4 Å². The van der Waals surface area contributed by atoms with Crippen molar-refractivity contribution in [1.29, 1.82) is 0 Å². The fourth-order valence-corrected chi connectivity index (χ4v) is 1.62. The molecule has 1 heterocycles. The van der Waals surface area contributed by atoms with Crippen molar-refractivity contribution in [3.8, 4) is 11.5 Å². The fourth-order valence-electron chi connectivity index (χ4n) is 1.62. The van der Waals surface area contributed by atoms with Crippen LogP contribution in [0.2, 0.25) is 0 Å². The first-order chi connectivity index (χ1) is 9.77. The lowest BCUT2D eigenvalue weighted by atomic mass is 10.2. The molecule has 7 heteroatoms. The Bertz CT molecular complexity index is 666. The van der Waals surface area contributed by atoms with Crippen molar-refractivity contribution in [3.05, 3.63) is 53.3 Å². The molecule has 0 saturated carbocycles. The highest BCUT2D eigenvalue weighted by molar-refractivity contribution is 5.90. The van der Waals surface area contributed by atoms with Crippen molar-refractivity contribution in [2.75, 3.05) is 0 Å². The van der Waals surface area contributed by atoms with Crippen LogP contribution < -0.4 is 4.74 Å². The molecule has 21 heavy (non-hydrogen) atoms. The molecule has 110 valence electrons. The van der Waals surface area contributed by atoms with Crippen molar-refractivity contribution < 1.29 is 27.8 Å². The summed E-state index contributed by atoms with van der Waals surface area (Å²) < 4.78 is 42.7. The van der Waals surface area contributed by atoms with E-state index in [1.165, 1.54) is 6.07 Å². The molecule has 0 spiro atoms. The smallest absolute Gasteiger partial charge is 0.416 e. The van der Waals surface area contributed by atoms with Gasteiger partial charge in [-0.1, -0.05) is 0 Å². The van der Waals surface area contributed by atoms with Crippen LogP contribution in [0.25, 0.3) is 0 Å². The van der Waals surface area contributed by atoms with E-state index in [4.69, 9.17) is 9.84 Å². The Kier molecular flexibility index (Phi) is 3.84. The van der Waals surface area contributed by atoms with Gasteiger partial charge in [0.25, 0.3) is 0 Å². The number of aryl methyl sites for hydroxylation is 1. The third-order valence-corrected chi connectivity index (χ3v) is 2.64. The number of ether oxygens (including phenoxy) is 1. The zero-order valence-corrected chi connectivity index (χ0v) is 10.8. The number of rotatable bonds is 3. The van der Waals surface area contributed by atoms with Crippen molar-refractivity contribution >= 4 is 5.97 Å². The van der Waals surface area contributed by atoms with Crippen molar-refractivity contribution in [2.24, 2.45) is 0 Å². The number of halogens is 3. The van der Waals surface area contributed by atoms with Gasteiger partial charge in [-0.05, 0) is 31.2 Å². The Morgan fingerprint density at radius 3 is 2.38 bits per heavy atom. The van der Waals surface area contributed by atoms with E-state index in [0.717, 1.165) is 30.5 Å². The SMILES string of the molecule is Cc1cc(Oc2ccc(C(F)(F)F)cc2)c(C(=O)O)cn1. The van der Waals surface area contributed by atoms with Crippen LogP contribution in [0.5, 0.6) is 11.5 Å². The maximum atomic E-state index is 12.4. The Labute approximate surface area is 117 Å². The maximum Gasteiger partial charge on any atom is 0.416 e. The van der Waals surface area contributed by atoms with Crippen LogP contribution in [0.1, 0.15) is 21.6 Å². The Hall–Kier alpha value is -2.57. The summed E-state index contributed by atoms with van der Waals surface area (Å²) in [6, 6.07) is 5.39. The van der Waals surface area contributed by atoms with E-state index in [-0.39, 0.29) is 17.1 Å². The number of hydrogen-bond donors (Lipinski definition) is 1. The molecule has 0 aliphatic heterocycles. The average Bonchev–Trinajstić information content (AvgIpc) is 2.38. The summed E-state index contributed by atoms with van der Waals surface area (Å²) in [5.41, 5.74) is -0.443. The molecule has 1 aromatic carbocycles. The minimum absolute atomic E-state index is 0.0229. The fraction of sp³-hybridized carbons (Fsp3) is 0.143. The van der Waals surface area contributed by atoms with Gasteiger partial charge >= 0.3 is 12.1 Å². The number of pyridine rings is 1. The van der Waals surface area contributed by atoms with E-state index >= 15 is 0 Å². The molecule has 0 saturated heterocycles. The van der Waals surface area contributed by atoms with Crippen LogP contribution in [0, 0.1) is 6.92 Å². The van der Waals surface area contributed by atoms with E-state index < -0.39 is 17.7 Å². The predicted molar refractivity (Wildman–Crippen MR) is 67.5 cm³/mol. The van der Waals surface area contributed by atoms with Crippen LogP contribution in [0.3, 0.4) is 0 Å². The molecule has 2 rings (SSSR count). The van der Waals surface area contributed by atoms with Crippen LogP contribution >= 0.6 is 0 Å². The normalized spacial score (nSPS) is 11.2. The largest absolute Gasteiger partial charge is 0.477 e. The summed E-state index contributed by atoms with van der Waals surface area (Å²) in [6.07, 6.45) is -3.30. The molecule has 0 aliphatic carbocycles. The summed E-state index contributed by atoms with van der Waals surface area (Å²) in [4.78, 5) is 14.9. The molecule has 1 N–H and O–H groups in total. The molecular weight excluding hydrogens is 287 g/mol. The first kappa shape index (κ1) is 14.8. The van der Waals surface area contributed by atoms with Crippen molar-refractivity contribution in [3.63, 3.8) is 0 Å². The lowest BCUT2D eigenvalue weighted by Gasteiger charge is -2.11. The second kappa shape index (κ2) is 5.43. The van der Waals surface area contributed by atoms with Gasteiger partial charge in [0.15, 0.2) is 0 Å². The van der Waals surface area contributed by atoms with E-state index in [2.05, 4.69) is 4.98 Å². The third-order valence-electron chi connectivity index (χ3n) is 2.64. The Morgan fingerprint density at radius 1 is 1.24 bits per heavy atom. The second-order valence-corrected chi connectivity index (χ2v) is 4.25. The number of carbonyl (C=O) groups is 1. The van der Waals surface area contributed by atoms with Gasteiger partial charge in [0.05, 0.1) is 5.56 Å².